The Kier molecular flexibility index (Phi) is 19.2. The fourth-order valence-corrected chi connectivity index (χ4v) is 10.6. The topological polar surface area (TPSA) is 127 Å². The van der Waals surface area contributed by atoms with Crippen molar-refractivity contribution in [3.05, 3.63) is 143 Å². The maximum atomic E-state index is 14.1. The minimum absolute atomic E-state index is 0.128. The van der Waals surface area contributed by atoms with Gasteiger partial charge in [-0.05, 0) is 89.2 Å². The molecule has 372 valence electrons. The number of alkyl halides is 1. The molecule has 2 aliphatic heterocycles. The molecule has 11 nitrogen and oxygen atoms in total. The first-order valence-electron chi connectivity index (χ1n) is 25.0. The first kappa shape index (κ1) is 52.5. The summed E-state index contributed by atoms with van der Waals surface area (Å²) in [5.41, 5.74) is 10.3. The van der Waals surface area contributed by atoms with Crippen LogP contribution in [0.2, 0.25) is 0 Å². The van der Waals surface area contributed by atoms with Crippen molar-refractivity contribution in [1.29, 1.82) is 0 Å². The first-order valence-corrected chi connectivity index (χ1v) is 26.4. The number of carbonyl (C=O) groups excluding carboxylic acids is 3. The number of nitrogens with zero attached hydrogens (tertiary/aromatic N) is 4. The first-order chi connectivity index (χ1) is 33.9. The smallest absolute Gasteiger partial charge is 0.243 e. The molecule has 0 spiro atoms. The van der Waals surface area contributed by atoms with Gasteiger partial charge in [0.05, 0.1) is 28.2 Å². The van der Waals surface area contributed by atoms with Crippen LogP contribution in [0.5, 0.6) is 5.75 Å². The number of β-amino-alcohol motifs (C(OH)–C–C–N with tert-alkyl or cyclic N) is 1. The number of hydrogen-bond donors (Lipinski definition) is 3. The van der Waals surface area contributed by atoms with Crippen LogP contribution in [0.4, 0.5) is 0 Å². The highest BCUT2D eigenvalue weighted by Gasteiger charge is 2.43. The normalized spacial score (nSPS) is 17.3. The third-order valence-corrected chi connectivity index (χ3v) is 14.6. The summed E-state index contributed by atoms with van der Waals surface area (Å²) >= 11 is 7.95. The Balaban J connectivity index is 0.787. The van der Waals surface area contributed by atoms with Crippen molar-refractivity contribution in [2.45, 2.75) is 97.4 Å². The SMILES string of the molecule is Cc1ncsc1-c1ccc(CNC(=O)[C@@H]2C[C@@H](O)CN2C(=O)[C@@H](NCCCCCCC(=O)N2CCN(CCOc3ccc(/C(=C(/CCCl)c4ccccc4)c4ccccc4)cc3)CC2)C(C)(C)C)cc1. The highest BCUT2D eigenvalue weighted by atomic mass is 35.5. The predicted octanol–water partition coefficient (Wildman–Crippen LogP) is 9.46. The second kappa shape index (κ2) is 25.7. The number of carbonyl (C=O) groups is 3. The number of nitrogens with one attached hydrogen (secondary N) is 2. The van der Waals surface area contributed by atoms with E-state index in [9.17, 15) is 19.5 Å². The summed E-state index contributed by atoms with van der Waals surface area (Å²) in [4.78, 5) is 52.1. The molecule has 0 unspecified atom stereocenters. The minimum Gasteiger partial charge on any atom is -0.492 e. The minimum atomic E-state index is -0.760. The van der Waals surface area contributed by atoms with Crippen LogP contribution in [-0.2, 0) is 20.9 Å². The van der Waals surface area contributed by atoms with Gasteiger partial charge < -0.3 is 30.3 Å². The van der Waals surface area contributed by atoms with Crippen molar-refractivity contribution in [3.63, 3.8) is 0 Å². The number of rotatable bonds is 22. The molecule has 0 radical (unpaired) electrons. The van der Waals surface area contributed by atoms with Crippen molar-refractivity contribution in [2.24, 2.45) is 5.41 Å². The molecule has 2 saturated heterocycles. The fraction of sp³-hybridized carbons (Fsp3) is 0.439. The zero-order valence-electron chi connectivity index (χ0n) is 41.4. The molecule has 1 aromatic heterocycles. The summed E-state index contributed by atoms with van der Waals surface area (Å²) < 4.78 is 6.22. The van der Waals surface area contributed by atoms with Gasteiger partial charge in [0.15, 0.2) is 0 Å². The second-order valence-electron chi connectivity index (χ2n) is 19.6. The molecular weight excluding hydrogens is 916 g/mol. The third-order valence-electron chi connectivity index (χ3n) is 13.4. The Bertz CT molecular complexity index is 2470. The number of aromatic nitrogens is 1. The molecule has 0 saturated carbocycles. The lowest BCUT2D eigenvalue weighted by molar-refractivity contribution is -0.142. The van der Waals surface area contributed by atoms with Crippen LogP contribution in [-0.4, -0.2) is 119 Å². The molecule has 3 N–H and O–H groups in total. The van der Waals surface area contributed by atoms with Crippen molar-refractivity contribution >= 4 is 51.8 Å². The van der Waals surface area contributed by atoms with E-state index in [4.69, 9.17) is 16.3 Å². The van der Waals surface area contributed by atoms with E-state index >= 15 is 0 Å². The number of hydrogen-bond acceptors (Lipinski definition) is 9. The van der Waals surface area contributed by atoms with Gasteiger partial charge in [-0.15, -0.1) is 22.9 Å². The predicted molar refractivity (Wildman–Crippen MR) is 284 cm³/mol. The van der Waals surface area contributed by atoms with E-state index in [1.807, 2.05) is 86.6 Å². The maximum Gasteiger partial charge on any atom is 0.243 e. The molecule has 7 rings (SSSR count). The zero-order valence-corrected chi connectivity index (χ0v) is 43.0. The lowest BCUT2D eigenvalue weighted by atomic mass is 9.85. The zero-order chi connectivity index (χ0) is 49.5. The molecule has 13 heteroatoms. The molecule has 0 aliphatic carbocycles. The molecular formula is C57H71ClN6O5S. The monoisotopic (exact) mass is 986 g/mol. The quantitative estimate of drug-likeness (QED) is 0.0356. The van der Waals surface area contributed by atoms with Gasteiger partial charge in [0.25, 0.3) is 0 Å². The summed E-state index contributed by atoms with van der Waals surface area (Å²) in [5.74, 6) is 1.14. The molecule has 3 heterocycles. The molecule has 3 amide bonds. The average Bonchev–Trinajstić information content (AvgIpc) is 3.99. The van der Waals surface area contributed by atoms with Gasteiger partial charge in [0.1, 0.15) is 18.4 Å². The number of aliphatic hydroxyl groups is 1. The summed E-state index contributed by atoms with van der Waals surface area (Å²) in [5, 5.41) is 17.1. The van der Waals surface area contributed by atoms with Gasteiger partial charge in [0, 0.05) is 64.5 Å². The van der Waals surface area contributed by atoms with Crippen molar-refractivity contribution in [2.75, 3.05) is 58.3 Å². The van der Waals surface area contributed by atoms with Crippen LogP contribution in [0, 0.1) is 12.3 Å². The van der Waals surface area contributed by atoms with Crippen molar-refractivity contribution < 1.29 is 24.2 Å². The Labute approximate surface area is 424 Å². The van der Waals surface area contributed by atoms with Gasteiger partial charge in [-0.2, -0.15) is 0 Å². The number of unbranched alkanes of at least 4 members (excludes halogenated alkanes) is 3. The number of amides is 3. The molecule has 4 aromatic carbocycles. The van der Waals surface area contributed by atoms with E-state index in [1.54, 1.807) is 16.2 Å². The van der Waals surface area contributed by atoms with Gasteiger partial charge in [-0.25, -0.2) is 4.98 Å². The number of piperazine rings is 1. The van der Waals surface area contributed by atoms with Gasteiger partial charge in [0.2, 0.25) is 17.7 Å². The maximum absolute atomic E-state index is 14.1. The van der Waals surface area contributed by atoms with Crippen molar-refractivity contribution in [1.82, 2.24) is 30.3 Å². The van der Waals surface area contributed by atoms with E-state index in [1.165, 1.54) is 16.7 Å². The molecule has 2 aliphatic rings. The van der Waals surface area contributed by atoms with Crippen molar-refractivity contribution in [3.8, 4) is 16.2 Å². The number of thiazole rings is 1. The van der Waals surface area contributed by atoms with Crippen LogP contribution >= 0.6 is 22.9 Å². The number of aryl methyl sites for hydroxylation is 1. The second-order valence-corrected chi connectivity index (χ2v) is 20.8. The lowest BCUT2D eigenvalue weighted by Crippen LogP contribution is -2.56. The van der Waals surface area contributed by atoms with E-state index in [-0.39, 0.29) is 30.7 Å². The summed E-state index contributed by atoms with van der Waals surface area (Å²) in [6.07, 6.45) is 4.30. The third kappa shape index (κ3) is 14.4. The Morgan fingerprint density at radius 1 is 0.829 bits per heavy atom. The Hall–Kier alpha value is -5.37. The highest BCUT2D eigenvalue weighted by Crippen LogP contribution is 2.36. The Morgan fingerprint density at radius 3 is 2.13 bits per heavy atom. The summed E-state index contributed by atoms with van der Waals surface area (Å²) in [6, 6.07) is 36.1. The number of benzene rings is 4. The number of aliphatic hydroxyl groups excluding tert-OH is 1. The van der Waals surface area contributed by atoms with Crippen LogP contribution in [0.3, 0.4) is 0 Å². The molecule has 5 aromatic rings. The van der Waals surface area contributed by atoms with Crippen LogP contribution in [0.1, 0.15) is 93.7 Å². The Morgan fingerprint density at radius 2 is 1.49 bits per heavy atom. The van der Waals surface area contributed by atoms with E-state index in [0.717, 1.165) is 103 Å². The summed E-state index contributed by atoms with van der Waals surface area (Å²) in [6.45, 7) is 13.6. The summed E-state index contributed by atoms with van der Waals surface area (Å²) in [7, 11) is 0. The number of likely N-dealkylation sites (tertiary alicyclic amines) is 1. The van der Waals surface area contributed by atoms with Gasteiger partial charge >= 0.3 is 0 Å². The van der Waals surface area contributed by atoms with E-state index in [0.29, 0.717) is 32.0 Å². The lowest BCUT2D eigenvalue weighted by Gasteiger charge is -2.35. The average molecular weight is 988 g/mol. The molecule has 2 fully saturated rings. The number of allylic oxidation sites excluding steroid dienone is 1. The standard InChI is InChI=1S/C57H71ClN6O5S/c1-41-53(70-40-61-41)46-22-20-42(21-23-46)38-60-55(67)50-37-47(65)39-64(50)56(68)54(57(2,3)4)59-30-14-6-5-13-19-51(66)63-33-31-62(32-34-63)35-36-69-48-26-24-45(25-27-48)52(44-17-11-8-12-18-44)49(28-29-58)43-15-9-7-10-16-43/h7-12,15-18,20-27,40,47,50,54,59,65H,5-6,13-14,19,28-39H2,1-4H3,(H,60,67)/b52-49-/t47-,50+,54-/m1/s1. The van der Waals surface area contributed by atoms with Crippen LogP contribution in [0.25, 0.3) is 21.6 Å². The largest absolute Gasteiger partial charge is 0.492 e. The molecule has 3 atom stereocenters. The molecule has 0 bridgehead atoms. The van der Waals surface area contributed by atoms with Gasteiger partial charge in [-0.3, -0.25) is 19.3 Å². The molecule has 70 heavy (non-hydrogen) atoms. The number of halogens is 1. The van der Waals surface area contributed by atoms with E-state index in [2.05, 4.69) is 81.2 Å². The fourth-order valence-electron chi connectivity index (χ4n) is 9.55. The van der Waals surface area contributed by atoms with Crippen LogP contribution < -0.4 is 15.4 Å². The number of ether oxygens (including phenoxy) is 1. The van der Waals surface area contributed by atoms with Gasteiger partial charge in [-0.1, -0.05) is 131 Å². The van der Waals surface area contributed by atoms with Crippen LogP contribution in [0.15, 0.2) is 115 Å². The highest BCUT2D eigenvalue weighted by molar-refractivity contribution is 7.13. The van der Waals surface area contributed by atoms with E-state index < -0.39 is 23.6 Å².